The van der Waals surface area contributed by atoms with E-state index in [1.807, 2.05) is 31.5 Å². The van der Waals surface area contributed by atoms with Crippen LogP contribution in [-0.4, -0.2) is 25.5 Å². The highest BCUT2D eigenvalue weighted by atomic mass is 35.5. The Balaban J connectivity index is 1.62. The molecule has 1 amide bonds. The largest absolute Gasteiger partial charge is 0.471 e. The average molecular weight is 374 g/mol. The van der Waals surface area contributed by atoms with Crippen LogP contribution in [0, 0.1) is 13.8 Å². The molecule has 26 heavy (non-hydrogen) atoms. The number of nitrogens with one attached hydrogen (secondary N) is 1. The lowest BCUT2D eigenvalue weighted by Gasteiger charge is -2.07. The minimum Gasteiger partial charge on any atom is -0.471 e. The number of anilines is 1. The highest BCUT2D eigenvalue weighted by molar-refractivity contribution is 6.31. The minimum atomic E-state index is -0.287. The number of nitrogens with zero attached hydrogens (tertiary/aromatic N) is 4. The van der Waals surface area contributed by atoms with Crippen LogP contribution >= 0.6 is 11.6 Å². The Bertz CT molecular complexity index is 932. The molecule has 2 heterocycles. The van der Waals surface area contributed by atoms with Gasteiger partial charge in [-0.05, 0) is 50.6 Å². The molecule has 0 fully saturated rings. The van der Waals surface area contributed by atoms with Crippen LogP contribution in [0.2, 0.25) is 5.02 Å². The van der Waals surface area contributed by atoms with Crippen molar-refractivity contribution in [1.29, 1.82) is 0 Å². The third-order valence-electron chi connectivity index (χ3n) is 4.02. The van der Waals surface area contributed by atoms with Crippen molar-refractivity contribution in [1.82, 2.24) is 19.6 Å². The molecular weight excluding hydrogens is 354 g/mol. The van der Waals surface area contributed by atoms with Crippen LogP contribution in [-0.2, 0) is 13.3 Å². The molecule has 0 saturated carbocycles. The molecule has 3 aromatic rings. The first kappa shape index (κ1) is 18.0. The van der Waals surface area contributed by atoms with Gasteiger partial charge in [-0.1, -0.05) is 11.6 Å². The van der Waals surface area contributed by atoms with Crippen LogP contribution in [0.1, 0.15) is 28.7 Å². The van der Waals surface area contributed by atoms with Gasteiger partial charge in [0.25, 0.3) is 5.91 Å². The van der Waals surface area contributed by atoms with Crippen molar-refractivity contribution in [3.63, 3.8) is 0 Å². The SMILES string of the molecule is CCn1ncc(NC(=O)c2ccn(COc3ccc(Cl)c(C)c3)n2)c1C. The van der Waals surface area contributed by atoms with E-state index in [4.69, 9.17) is 16.3 Å². The molecule has 0 radical (unpaired) electrons. The van der Waals surface area contributed by atoms with E-state index in [1.54, 1.807) is 35.3 Å². The maximum absolute atomic E-state index is 12.4. The molecule has 0 aliphatic rings. The molecule has 0 atom stereocenters. The smallest absolute Gasteiger partial charge is 0.276 e. The molecule has 0 spiro atoms. The van der Waals surface area contributed by atoms with E-state index in [9.17, 15) is 4.79 Å². The highest BCUT2D eigenvalue weighted by Crippen LogP contribution is 2.21. The summed E-state index contributed by atoms with van der Waals surface area (Å²) in [5, 5.41) is 12.0. The standard InChI is InChI=1S/C18H20ClN5O2/c1-4-24-13(3)17(10-20-24)21-18(25)16-7-8-23(22-16)11-26-14-5-6-15(19)12(2)9-14/h5-10H,4,11H2,1-3H3,(H,21,25). The minimum absolute atomic E-state index is 0.196. The second kappa shape index (κ2) is 7.61. The summed E-state index contributed by atoms with van der Waals surface area (Å²) in [5.74, 6) is 0.404. The molecule has 3 rings (SSSR count). The zero-order valence-electron chi connectivity index (χ0n) is 14.9. The summed E-state index contributed by atoms with van der Waals surface area (Å²) in [6.07, 6.45) is 3.33. The van der Waals surface area contributed by atoms with Gasteiger partial charge in [0.1, 0.15) is 5.75 Å². The Morgan fingerprint density at radius 1 is 1.31 bits per heavy atom. The van der Waals surface area contributed by atoms with Crippen molar-refractivity contribution in [3.8, 4) is 5.75 Å². The predicted octanol–water partition coefficient (Wildman–Crippen LogP) is 3.66. The zero-order valence-corrected chi connectivity index (χ0v) is 15.6. The van der Waals surface area contributed by atoms with E-state index in [-0.39, 0.29) is 12.6 Å². The van der Waals surface area contributed by atoms with Crippen LogP contribution in [0.4, 0.5) is 5.69 Å². The molecule has 136 valence electrons. The van der Waals surface area contributed by atoms with Crippen molar-refractivity contribution < 1.29 is 9.53 Å². The average Bonchev–Trinajstić information content (AvgIpc) is 3.23. The fraction of sp³-hybridized carbons (Fsp3) is 0.278. The molecule has 0 aliphatic heterocycles. The van der Waals surface area contributed by atoms with Gasteiger partial charge in [0.05, 0.1) is 17.6 Å². The second-order valence-corrected chi connectivity index (χ2v) is 6.25. The quantitative estimate of drug-likeness (QED) is 0.715. The van der Waals surface area contributed by atoms with Crippen LogP contribution < -0.4 is 10.1 Å². The van der Waals surface area contributed by atoms with Gasteiger partial charge >= 0.3 is 0 Å². The molecule has 1 aromatic carbocycles. The number of carbonyl (C=O) groups excluding carboxylic acids is 1. The summed E-state index contributed by atoms with van der Waals surface area (Å²) < 4.78 is 9.05. The number of rotatable bonds is 6. The summed E-state index contributed by atoms with van der Waals surface area (Å²) in [7, 11) is 0. The molecule has 1 N–H and O–H groups in total. The Labute approximate surface area is 156 Å². The fourth-order valence-corrected chi connectivity index (χ4v) is 2.59. The number of carbonyl (C=O) groups is 1. The van der Waals surface area contributed by atoms with Crippen molar-refractivity contribution >= 4 is 23.2 Å². The number of benzene rings is 1. The Morgan fingerprint density at radius 3 is 2.81 bits per heavy atom. The van der Waals surface area contributed by atoms with E-state index < -0.39 is 0 Å². The van der Waals surface area contributed by atoms with Crippen LogP contribution in [0.25, 0.3) is 0 Å². The molecule has 7 nitrogen and oxygen atoms in total. The zero-order chi connectivity index (χ0) is 18.7. The first-order valence-corrected chi connectivity index (χ1v) is 8.62. The first-order chi connectivity index (χ1) is 12.5. The number of halogens is 1. The normalized spacial score (nSPS) is 10.8. The van der Waals surface area contributed by atoms with Crippen LogP contribution in [0.5, 0.6) is 5.75 Å². The van der Waals surface area contributed by atoms with Gasteiger partial charge in [0.2, 0.25) is 0 Å². The van der Waals surface area contributed by atoms with Gasteiger partial charge in [-0.25, -0.2) is 4.68 Å². The molecule has 0 unspecified atom stereocenters. The van der Waals surface area contributed by atoms with Gasteiger partial charge < -0.3 is 10.1 Å². The second-order valence-electron chi connectivity index (χ2n) is 5.84. The highest BCUT2D eigenvalue weighted by Gasteiger charge is 2.13. The number of hydrogen-bond acceptors (Lipinski definition) is 4. The van der Waals surface area contributed by atoms with Crippen molar-refractivity contribution in [2.24, 2.45) is 0 Å². The number of aromatic nitrogens is 4. The Morgan fingerprint density at radius 2 is 2.12 bits per heavy atom. The van der Waals surface area contributed by atoms with E-state index in [1.165, 1.54) is 0 Å². The maximum atomic E-state index is 12.4. The molecule has 2 aromatic heterocycles. The van der Waals surface area contributed by atoms with Gasteiger partial charge in [0.15, 0.2) is 12.4 Å². The lowest BCUT2D eigenvalue weighted by molar-refractivity contribution is 0.102. The van der Waals surface area contributed by atoms with Crippen molar-refractivity contribution in [2.45, 2.75) is 34.0 Å². The lowest BCUT2D eigenvalue weighted by Crippen LogP contribution is -2.15. The molecule has 8 heteroatoms. The van der Waals surface area contributed by atoms with Crippen molar-refractivity contribution in [3.05, 3.63) is 58.6 Å². The molecule has 0 bridgehead atoms. The molecular formula is C18H20ClN5O2. The van der Waals surface area contributed by atoms with Crippen LogP contribution in [0.15, 0.2) is 36.7 Å². The molecule has 0 saturated heterocycles. The predicted molar refractivity (Wildman–Crippen MR) is 99.6 cm³/mol. The van der Waals surface area contributed by atoms with Crippen LogP contribution in [0.3, 0.4) is 0 Å². The monoisotopic (exact) mass is 373 g/mol. The topological polar surface area (TPSA) is 74.0 Å². The lowest BCUT2D eigenvalue weighted by atomic mass is 10.2. The van der Waals surface area contributed by atoms with Gasteiger partial charge in [-0.15, -0.1) is 0 Å². The first-order valence-electron chi connectivity index (χ1n) is 8.24. The summed E-state index contributed by atoms with van der Waals surface area (Å²) in [6, 6.07) is 7.08. The Hall–Kier alpha value is -2.80. The maximum Gasteiger partial charge on any atom is 0.276 e. The van der Waals surface area contributed by atoms with E-state index >= 15 is 0 Å². The summed E-state index contributed by atoms with van der Waals surface area (Å²) >= 11 is 6.00. The van der Waals surface area contributed by atoms with Gasteiger partial charge in [-0.3, -0.25) is 9.48 Å². The van der Waals surface area contributed by atoms with E-state index in [0.717, 1.165) is 17.8 Å². The number of hydrogen-bond donors (Lipinski definition) is 1. The van der Waals surface area contributed by atoms with Crippen molar-refractivity contribution in [2.75, 3.05) is 5.32 Å². The molecule has 0 aliphatic carbocycles. The number of ether oxygens (including phenoxy) is 1. The third-order valence-corrected chi connectivity index (χ3v) is 4.44. The van der Waals surface area contributed by atoms with E-state index in [2.05, 4.69) is 15.5 Å². The third kappa shape index (κ3) is 3.88. The fourth-order valence-electron chi connectivity index (χ4n) is 2.48. The number of amides is 1. The van der Waals surface area contributed by atoms with Gasteiger partial charge in [-0.2, -0.15) is 10.2 Å². The van der Waals surface area contributed by atoms with Gasteiger partial charge in [0, 0.05) is 17.8 Å². The number of aryl methyl sites for hydroxylation is 2. The summed E-state index contributed by atoms with van der Waals surface area (Å²) in [5.41, 5.74) is 2.83. The summed E-state index contributed by atoms with van der Waals surface area (Å²) in [4.78, 5) is 12.4. The Kier molecular flexibility index (Phi) is 5.27. The summed E-state index contributed by atoms with van der Waals surface area (Å²) in [6.45, 7) is 6.76. The van der Waals surface area contributed by atoms with E-state index in [0.29, 0.717) is 22.2 Å².